The zero-order valence-corrected chi connectivity index (χ0v) is 15.6. The smallest absolute Gasteiger partial charge is 0.269 e. The standard InChI is InChI=1S/C20H17N3O3S/c1-13-3-9-17(14(2)11-13)18-12-27-20(21-18)22-19(24)10-6-15-4-7-16(8-5-15)23(25)26/h3-12H,1-2H3,(H,21,22,24). The van der Waals surface area contributed by atoms with Gasteiger partial charge < -0.3 is 0 Å². The number of nitrogens with one attached hydrogen (secondary N) is 1. The van der Waals surface area contributed by atoms with Crippen LogP contribution in [0.1, 0.15) is 16.7 Å². The van der Waals surface area contributed by atoms with Crippen LogP contribution in [0.4, 0.5) is 10.8 Å². The Balaban J connectivity index is 1.66. The molecule has 1 aromatic heterocycles. The van der Waals surface area contributed by atoms with Crippen LogP contribution >= 0.6 is 11.3 Å². The molecule has 0 unspecified atom stereocenters. The van der Waals surface area contributed by atoms with Crippen molar-refractivity contribution in [3.63, 3.8) is 0 Å². The first kappa shape index (κ1) is 18.5. The van der Waals surface area contributed by atoms with Crippen molar-refractivity contribution in [1.82, 2.24) is 4.98 Å². The minimum atomic E-state index is -0.462. The first-order valence-electron chi connectivity index (χ1n) is 8.19. The fourth-order valence-corrected chi connectivity index (χ4v) is 3.30. The Labute approximate surface area is 160 Å². The summed E-state index contributed by atoms with van der Waals surface area (Å²) in [6.45, 7) is 4.08. The number of non-ortho nitro benzene ring substituents is 1. The Hall–Kier alpha value is -3.32. The Morgan fingerprint density at radius 2 is 1.93 bits per heavy atom. The van der Waals surface area contributed by atoms with Gasteiger partial charge in [0.25, 0.3) is 5.69 Å². The van der Waals surface area contributed by atoms with Crippen LogP contribution in [0, 0.1) is 24.0 Å². The number of carbonyl (C=O) groups excluding carboxylic acids is 1. The molecular formula is C20H17N3O3S. The lowest BCUT2D eigenvalue weighted by Gasteiger charge is -2.03. The molecule has 1 heterocycles. The molecule has 3 rings (SSSR count). The predicted octanol–water partition coefficient (Wildman–Crippen LogP) is 4.99. The van der Waals surface area contributed by atoms with Crippen molar-refractivity contribution < 1.29 is 9.72 Å². The predicted molar refractivity (Wildman–Crippen MR) is 108 cm³/mol. The highest BCUT2D eigenvalue weighted by molar-refractivity contribution is 7.14. The molecular weight excluding hydrogens is 362 g/mol. The van der Waals surface area contributed by atoms with Crippen molar-refractivity contribution in [2.45, 2.75) is 13.8 Å². The average molecular weight is 379 g/mol. The van der Waals surface area contributed by atoms with E-state index in [1.165, 1.54) is 35.1 Å². The van der Waals surface area contributed by atoms with Crippen LogP contribution in [-0.4, -0.2) is 15.8 Å². The molecule has 0 aliphatic rings. The number of anilines is 1. The second-order valence-corrected chi connectivity index (χ2v) is 6.89. The van der Waals surface area contributed by atoms with Gasteiger partial charge in [-0.1, -0.05) is 23.8 Å². The fourth-order valence-electron chi connectivity index (χ4n) is 2.58. The minimum absolute atomic E-state index is 0.0123. The Morgan fingerprint density at radius 1 is 1.19 bits per heavy atom. The van der Waals surface area contributed by atoms with Gasteiger partial charge in [-0.3, -0.25) is 20.2 Å². The van der Waals surface area contributed by atoms with Crippen molar-refractivity contribution >= 4 is 34.1 Å². The van der Waals surface area contributed by atoms with Gasteiger partial charge in [0.15, 0.2) is 5.13 Å². The van der Waals surface area contributed by atoms with Crippen molar-refractivity contribution in [3.05, 3.63) is 80.7 Å². The highest BCUT2D eigenvalue weighted by atomic mass is 32.1. The molecule has 6 nitrogen and oxygen atoms in total. The van der Waals surface area contributed by atoms with E-state index in [1.54, 1.807) is 18.2 Å². The molecule has 0 aliphatic heterocycles. The summed E-state index contributed by atoms with van der Waals surface area (Å²) in [5, 5.41) is 15.8. The van der Waals surface area contributed by atoms with Crippen LogP contribution in [0.15, 0.2) is 53.9 Å². The number of benzene rings is 2. The monoisotopic (exact) mass is 379 g/mol. The number of rotatable bonds is 5. The van der Waals surface area contributed by atoms with Crippen molar-refractivity contribution in [2.24, 2.45) is 0 Å². The van der Waals surface area contributed by atoms with E-state index in [0.29, 0.717) is 10.7 Å². The molecule has 1 N–H and O–H groups in total. The molecule has 136 valence electrons. The number of nitro groups is 1. The molecule has 0 bridgehead atoms. The Morgan fingerprint density at radius 3 is 2.59 bits per heavy atom. The van der Waals surface area contributed by atoms with E-state index >= 15 is 0 Å². The second-order valence-electron chi connectivity index (χ2n) is 6.03. The highest BCUT2D eigenvalue weighted by Crippen LogP contribution is 2.28. The fraction of sp³-hybridized carbons (Fsp3) is 0.100. The maximum absolute atomic E-state index is 12.1. The number of aryl methyl sites for hydroxylation is 2. The molecule has 0 aliphatic carbocycles. The van der Waals surface area contributed by atoms with Gasteiger partial charge in [0, 0.05) is 29.2 Å². The molecule has 3 aromatic rings. The van der Waals surface area contributed by atoms with Crippen LogP contribution in [-0.2, 0) is 4.79 Å². The second kappa shape index (κ2) is 7.92. The van der Waals surface area contributed by atoms with Crippen LogP contribution in [0.3, 0.4) is 0 Å². The van der Waals surface area contributed by atoms with Crippen molar-refractivity contribution in [3.8, 4) is 11.3 Å². The summed E-state index contributed by atoms with van der Waals surface area (Å²) in [5.74, 6) is -0.310. The number of thiazole rings is 1. The number of hydrogen-bond donors (Lipinski definition) is 1. The van der Waals surface area contributed by atoms with Crippen LogP contribution in [0.25, 0.3) is 17.3 Å². The van der Waals surface area contributed by atoms with Gasteiger partial charge in [0.2, 0.25) is 5.91 Å². The summed E-state index contributed by atoms with van der Waals surface area (Å²) in [5.41, 5.74) is 4.91. The van der Waals surface area contributed by atoms with E-state index < -0.39 is 4.92 Å². The third-order valence-corrected chi connectivity index (χ3v) is 4.68. The van der Waals surface area contributed by atoms with Crippen LogP contribution < -0.4 is 5.32 Å². The Bertz CT molecular complexity index is 1020. The SMILES string of the molecule is Cc1ccc(-c2csc(NC(=O)C=Cc3ccc([N+](=O)[O-])cc3)n2)c(C)c1. The molecule has 7 heteroatoms. The molecule has 1 amide bonds. The molecule has 2 aromatic carbocycles. The number of carbonyl (C=O) groups is 1. The average Bonchev–Trinajstić information content (AvgIpc) is 3.08. The molecule has 0 radical (unpaired) electrons. The van der Waals surface area contributed by atoms with E-state index in [4.69, 9.17) is 0 Å². The number of aromatic nitrogens is 1. The summed E-state index contributed by atoms with van der Waals surface area (Å²) in [4.78, 5) is 26.7. The van der Waals surface area contributed by atoms with Gasteiger partial charge in [-0.05, 0) is 43.2 Å². The molecule has 0 atom stereocenters. The zero-order valence-electron chi connectivity index (χ0n) is 14.8. The first-order valence-corrected chi connectivity index (χ1v) is 9.07. The molecule has 27 heavy (non-hydrogen) atoms. The summed E-state index contributed by atoms with van der Waals surface area (Å²) in [6, 6.07) is 12.1. The van der Waals surface area contributed by atoms with Crippen LogP contribution in [0.2, 0.25) is 0 Å². The third kappa shape index (κ3) is 4.65. The minimum Gasteiger partial charge on any atom is -0.298 e. The van der Waals surface area contributed by atoms with E-state index in [9.17, 15) is 14.9 Å². The zero-order chi connectivity index (χ0) is 19.4. The van der Waals surface area contributed by atoms with Crippen molar-refractivity contribution in [2.75, 3.05) is 5.32 Å². The maximum atomic E-state index is 12.1. The highest BCUT2D eigenvalue weighted by Gasteiger charge is 2.09. The molecule has 0 saturated heterocycles. The van der Waals surface area contributed by atoms with Gasteiger partial charge in [-0.2, -0.15) is 0 Å². The molecule has 0 fully saturated rings. The number of hydrogen-bond acceptors (Lipinski definition) is 5. The van der Waals surface area contributed by atoms with E-state index in [-0.39, 0.29) is 11.6 Å². The lowest BCUT2D eigenvalue weighted by Crippen LogP contribution is -2.07. The summed E-state index contributed by atoms with van der Waals surface area (Å²) < 4.78 is 0. The third-order valence-electron chi connectivity index (χ3n) is 3.92. The van der Waals surface area contributed by atoms with E-state index in [2.05, 4.69) is 16.4 Å². The Kier molecular flexibility index (Phi) is 5.42. The van der Waals surface area contributed by atoms with Gasteiger partial charge >= 0.3 is 0 Å². The van der Waals surface area contributed by atoms with Crippen LogP contribution in [0.5, 0.6) is 0 Å². The number of nitro benzene ring substituents is 1. The summed E-state index contributed by atoms with van der Waals surface area (Å²) in [7, 11) is 0. The molecule has 0 saturated carbocycles. The van der Waals surface area contributed by atoms with Crippen molar-refractivity contribution in [1.29, 1.82) is 0 Å². The lowest BCUT2D eigenvalue weighted by molar-refractivity contribution is -0.384. The van der Waals surface area contributed by atoms with Gasteiger partial charge in [-0.15, -0.1) is 11.3 Å². The summed E-state index contributed by atoms with van der Waals surface area (Å²) >= 11 is 1.36. The van der Waals surface area contributed by atoms with E-state index in [0.717, 1.165) is 16.8 Å². The maximum Gasteiger partial charge on any atom is 0.269 e. The largest absolute Gasteiger partial charge is 0.298 e. The van der Waals surface area contributed by atoms with Gasteiger partial charge in [0.05, 0.1) is 10.6 Å². The number of amides is 1. The van der Waals surface area contributed by atoms with Gasteiger partial charge in [0.1, 0.15) is 0 Å². The number of nitrogens with zero attached hydrogens (tertiary/aromatic N) is 2. The van der Waals surface area contributed by atoms with Gasteiger partial charge in [-0.25, -0.2) is 4.98 Å². The molecule has 0 spiro atoms. The lowest BCUT2D eigenvalue weighted by atomic mass is 10.0. The normalized spacial score (nSPS) is 10.9. The topological polar surface area (TPSA) is 85.1 Å². The summed E-state index contributed by atoms with van der Waals surface area (Å²) in [6.07, 6.45) is 2.97. The van der Waals surface area contributed by atoms with E-state index in [1.807, 2.05) is 31.4 Å². The first-order chi connectivity index (χ1) is 12.9. The quantitative estimate of drug-likeness (QED) is 0.384.